The number of fused-ring (bicyclic) bond motifs is 3. The zero-order chi connectivity index (χ0) is 17.1. The molecule has 0 aliphatic carbocycles. The number of ether oxygens (including phenoxy) is 1. The van der Waals surface area contributed by atoms with Gasteiger partial charge >= 0.3 is 0 Å². The number of carbonyl (C=O) groups excluding carboxylic acids is 1. The number of aryl methyl sites for hydroxylation is 1. The van der Waals surface area contributed by atoms with Crippen LogP contribution in [0.25, 0.3) is 11.1 Å². The minimum absolute atomic E-state index is 0.124. The van der Waals surface area contributed by atoms with Crippen LogP contribution in [0.15, 0.2) is 4.42 Å². The van der Waals surface area contributed by atoms with Gasteiger partial charge in [-0.2, -0.15) is 0 Å². The summed E-state index contributed by atoms with van der Waals surface area (Å²) >= 11 is 0. The van der Waals surface area contributed by atoms with E-state index in [1.165, 1.54) is 0 Å². The molecule has 6 heteroatoms. The van der Waals surface area contributed by atoms with Gasteiger partial charge in [0.25, 0.3) is 5.91 Å². The second-order valence-electron chi connectivity index (χ2n) is 7.40. The monoisotopic (exact) mass is 329 g/mol. The second kappa shape index (κ2) is 5.21. The number of furan rings is 1. The summed E-state index contributed by atoms with van der Waals surface area (Å²) in [5.41, 5.74) is 10.0. The van der Waals surface area contributed by atoms with Crippen LogP contribution in [0.5, 0.6) is 0 Å². The van der Waals surface area contributed by atoms with Gasteiger partial charge in [-0.15, -0.1) is 0 Å². The van der Waals surface area contributed by atoms with Crippen molar-refractivity contribution in [2.45, 2.75) is 52.2 Å². The number of anilines is 1. The third-order valence-electron chi connectivity index (χ3n) is 5.10. The highest BCUT2D eigenvalue weighted by atomic mass is 16.5. The van der Waals surface area contributed by atoms with E-state index in [1.54, 1.807) is 4.90 Å². The Kier molecular flexibility index (Phi) is 3.35. The van der Waals surface area contributed by atoms with Gasteiger partial charge in [0, 0.05) is 30.8 Å². The van der Waals surface area contributed by atoms with Crippen molar-refractivity contribution in [3.05, 3.63) is 22.6 Å². The van der Waals surface area contributed by atoms with E-state index >= 15 is 0 Å². The van der Waals surface area contributed by atoms with E-state index in [1.807, 2.05) is 6.92 Å². The standard InChI is InChI=1S/C18H23N3O3/c1-10-12-9-23-18(2,3)8-11(12)13-14(19)15(24-16(13)20-10)17(22)21-6-4-5-7-21/h4-9,19H2,1-3H3. The summed E-state index contributed by atoms with van der Waals surface area (Å²) < 4.78 is 11.7. The lowest BCUT2D eigenvalue weighted by atomic mass is 9.89. The number of pyridine rings is 1. The molecule has 2 aliphatic rings. The lowest BCUT2D eigenvalue weighted by Gasteiger charge is -2.32. The van der Waals surface area contributed by atoms with Crippen LogP contribution < -0.4 is 5.73 Å². The van der Waals surface area contributed by atoms with Crippen molar-refractivity contribution >= 4 is 22.7 Å². The lowest BCUT2D eigenvalue weighted by molar-refractivity contribution is -0.0400. The fraction of sp³-hybridized carbons (Fsp3) is 0.556. The molecule has 2 N–H and O–H groups in total. The Morgan fingerprint density at radius 1 is 1.25 bits per heavy atom. The first-order valence-corrected chi connectivity index (χ1v) is 8.51. The van der Waals surface area contributed by atoms with Crippen LogP contribution in [0.4, 0.5) is 5.69 Å². The number of carbonyl (C=O) groups is 1. The number of rotatable bonds is 1. The van der Waals surface area contributed by atoms with E-state index in [2.05, 4.69) is 18.8 Å². The van der Waals surface area contributed by atoms with Crippen molar-refractivity contribution in [3.8, 4) is 0 Å². The molecule has 128 valence electrons. The van der Waals surface area contributed by atoms with Gasteiger partial charge in [0.1, 0.15) is 0 Å². The van der Waals surface area contributed by atoms with E-state index in [0.717, 1.165) is 54.6 Å². The molecule has 0 bridgehead atoms. The van der Waals surface area contributed by atoms with Gasteiger partial charge in [-0.05, 0) is 39.2 Å². The smallest absolute Gasteiger partial charge is 0.291 e. The topological polar surface area (TPSA) is 81.6 Å². The highest BCUT2D eigenvalue weighted by Gasteiger charge is 2.33. The van der Waals surface area contributed by atoms with E-state index in [9.17, 15) is 4.79 Å². The minimum atomic E-state index is -0.267. The van der Waals surface area contributed by atoms with Gasteiger partial charge in [-0.3, -0.25) is 4.79 Å². The van der Waals surface area contributed by atoms with Crippen LogP contribution in [-0.4, -0.2) is 34.5 Å². The Bertz CT molecular complexity index is 832. The molecular formula is C18H23N3O3. The number of amides is 1. The maximum atomic E-state index is 12.7. The molecule has 4 heterocycles. The third-order valence-corrected chi connectivity index (χ3v) is 5.10. The maximum Gasteiger partial charge on any atom is 0.291 e. The average Bonchev–Trinajstić information content (AvgIpc) is 3.14. The normalized spacial score (nSPS) is 19.7. The fourth-order valence-corrected chi connectivity index (χ4v) is 3.74. The van der Waals surface area contributed by atoms with E-state index in [4.69, 9.17) is 14.9 Å². The summed E-state index contributed by atoms with van der Waals surface area (Å²) in [6.45, 7) is 8.10. The summed E-state index contributed by atoms with van der Waals surface area (Å²) in [5, 5.41) is 0.787. The lowest BCUT2D eigenvalue weighted by Crippen LogP contribution is -2.32. The van der Waals surface area contributed by atoms with Crippen LogP contribution in [0.1, 0.15) is 54.1 Å². The minimum Gasteiger partial charge on any atom is -0.430 e. The molecule has 0 saturated carbocycles. The molecule has 0 atom stereocenters. The Morgan fingerprint density at radius 2 is 1.96 bits per heavy atom. The number of aromatic nitrogens is 1. The first-order valence-electron chi connectivity index (χ1n) is 8.51. The predicted molar refractivity (Wildman–Crippen MR) is 90.9 cm³/mol. The SMILES string of the molecule is Cc1nc2oc(C(=O)N3CCCC3)c(N)c2c2c1COC(C)(C)C2. The third kappa shape index (κ3) is 2.28. The summed E-state index contributed by atoms with van der Waals surface area (Å²) in [6, 6.07) is 0. The number of nitrogen functional groups attached to an aromatic ring is 1. The summed E-state index contributed by atoms with van der Waals surface area (Å²) in [7, 11) is 0. The van der Waals surface area contributed by atoms with Crippen LogP contribution >= 0.6 is 0 Å². The molecule has 2 aliphatic heterocycles. The van der Waals surface area contributed by atoms with Crippen molar-refractivity contribution in [1.29, 1.82) is 0 Å². The average molecular weight is 329 g/mol. The summed E-state index contributed by atoms with van der Waals surface area (Å²) in [5.74, 6) is 0.109. The number of hydrogen-bond donors (Lipinski definition) is 1. The Hall–Kier alpha value is -2.08. The van der Waals surface area contributed by atoms with E-state index < -0.39 is 0 Å². The largest absolute Gasteiger partial charge is 0.430 e. The number of nitrogens with two attached hydrogens (primary N) is 1. The highest BCUT2D eigenvalue weighted by Crippen LogP contribution is 2.39. The molecule has 1 saturated heterocycles. The Balaban J connectivity index is 1.88. The van der Waals surface area contributed by atoms with Crippen LogP contribution in [-0.2, 0) is 17.8 Å². The van der Waals surface area contributed by atoms with Gasteiger partial charge < -0.3 is 19.8 Å². The molecule has 1 fully saturated rings. The van der Waals surface area contributed by atoms with Crippen molar-refractivity contribution in [1.82, 2.24) is 9.88 Å². The van der Waals surface area contributed by atoms with Crippen LogP contribution in [0, 0.1) is 6.92 Å². The summed E-state index contributed by atoms with van der Waals surface area (Å²) in [4.78, 5) is 19.1. The number of hydrogen-bond acceptors (Lipinski definition) is 5. The zero-order valence-corrected chi connectivity index (χ0v) is 14.4. The molecule has 24 heavy (non-hydrogen) atoms. The molecule has 0 spiro atoms. The van der Waals surface area contributed by atoms with Gasteiger partial charge in [0.15, 0.2) is 0 Å². The molecule has 1 amide bonds. The highest BCUT2D eigenvalue weighted by molar-refractivity contribution is 6.06. The molecule has 6 nitrogen and oxygen atoms in total. The Labute approximate surface area is 141 Å². The summed E-state index contributed by atoms with van der Waals surface area (Å²) in [6.07, 6.45) is 2.79. The molecule has 4 rings (SSSR count). The van der Waals surface area contributed by atoms with Crippen molar-refractivity contribution in [2.24, 2.45) is 0 Å². The quantitative estimate of drug-likeness (QED) is 0.870. The Morgan fingerprint density at radius 3 is 2.67 bits per heavy atom. The molecule has 2 aromatic rings. The fourth-order valence-electron chi connectivity index (χ4n) is 3.74. The number of likely N-dealkylation sites (tertiary alicyclic amines) is 1. The zero-order valence-electron chi connectivity index (χ0n) is 14.4. The molecule has 0 unspecified atom stereocenters. The van der Waals surface area contributed by atoms with E-state index in [0.29, 0.717) is 18.0 Å². The molecule has 0 aromatic carbocycles. The molecule has 0 radical (unpaired) electrons. The van der Waals surface area contributed by atoms with Gasteiger partial charge in [0.05, 0.1) is 23.3 Å². The predicted octanol–water partition coefficient (Wildman–Crippen LogP) is 2.81. The first-order chi connectivity index (χ1) is 11.4. The van der Waals surface area contributed by atoms with Crippen molar-refractivity contribution in [3.63, 3.8) is 0 Å². The number of nitrogens with zero attached hydrogens (tertiary/aromatic N) is 2. The van der Waals surface area contributed by atoms with Crippen LogP contribution in [0.3, 0.4) is 0 Å². The van der Waals surface area contributed by atoms with E-state index in [-0.39, 0.29) is 17.3 Å². The van der Waals surface area contributed by atoms with Gasteiger partial charge in [0.2, 0.25) is 11.5 Å². The molecule has 2 aromatic heterocycles. The van der Waals surface area contributed by atoms with Gasteiger partial charge in [-0.1, -0.05) is 0 Å². The van der Waals surface area contributed by atoms with Crippen molar-refractivity contribution in [2.75, 3.05) is 18.8 Å². The van der Waals surface area contributed by atoms with Crippen LogP contribution in [0.2, 0.25) is 0 Å². The maximum absolute atomic E-state index is 12.7. The van der Waals surface area contributed by atoms with Gasteiger partial charge in [-0.25, -0.2) is 4.98 Å². The molecular weight excluding hydrogens is 306 g/mol. The second-order valence-corrected chi connectivity index (χ2v) is 7.40. The first kappa shape index (κ1) is 15.4. The van der Waals surface area contributed by atoms with Crippen molar-refractivity contribution < 1.29 is 13.9 Å².